The Morgan fingerprint density at radius 3 is 2.21 bits per heavy atom. The standard InChI is InChI=1S/C24H28N2O6S/c1-14-16-18(27)26(24(5,6)21(30)32-23(2,3)4)22(31)25(19(16)33-17(14)20(28)29)13-12-15-10-8-7-9-11-15/h7-11H,12-13H2,1-6H3,(H,28,29). The minimum atomic E-state index is -1.61. The summed E-state index contributed by atoms with van der Waals surface area (Å²) in [4.78, 5) is 52.1. The highest BCUT2D eigenvalue weighted by Gasteiger charge is 2.38. The van der Waals surface area contributed by atoms with Crippen molar-refractivity contribution >= 4 is 33.5 Å². The molecule has 0 fully saturated rings. The normalized spacial score (nSPS) is 12.2. The Balaban J connectivity index is 2.29. The molecule has 9 heteroatoms. The van der Waals surface area contributed by atoms with Crippen molar-refractivity contribution < 1.29 is 19.4 Å². The highest BCUT2D eigenvalue weighted by atomic mass is 32.1. The molecule has 176 valence electrons. The Labute approximate surface area is 195 Å². The quantitative estimate of drug-likeness (QED) is 0.550. The summed E-state index contributed by atoms with van der Waals surface area (Å²) < 4.78 is 7.76. The highest BCUT2D eigenvalue weighted by Crippen LogP contribution is 2.29. The molecule has 0 amide bonds. The molecular formula is C24H28N2O6S. The lowest BCUT2D eigenvalue weighted by atomic mass is 10.0. The number of rotatable bonds is 6. The molecule has 0 aliphatic rings. The van der Waals surface area contributed by atoms with E-state index in [-0.39, 0.29) is 27.2 Å². The number of nitrogens with zero attached hydrogens (tertiary/aromatic N) is 2. The third kappa shape index (κ3) is 4.64. The molecule has 0 spiro atoms. The van der Waals surface area contributed by atoms with Crippen LogP contribution in [0.25, 0.3) is 10.2 Å². The first-order valence-electron chi connectivity index (χ1n) is 10.6. The molecule has 0 saturated heterocycles. The van der Waals surface area contributed by atoms with Crippen LogP contribution in [0, 0.1) is 6.92 Å². The second-order valence-corrected chi connectivity index (χ2v) is 10.4. The van der Waals surface area contributed by atoms with Gasteiger partial charge in [0.15, 0.2) is 0 Å². The molecule has 0 aliphatic carbocycles. The van der Waals surface area contributed by atoms with Crippen LogP contribution in [0.15, 0.2) is 39.9 Å². The summed E-state index contributed by atoms with van der Waals surface area (Å²) in [7, 11) is 0. The molecule has 1 N–H and O–H groups in total. The van der Waals surface area contributed by atoms with Crippen LogP contribution in [0.3, 0.4) is 0 Å². The first-order valence-corrected chi connectivity index (χ1v) is 11.4. The summed E-state index contributed by atoms with van der Waals surface area (Å²) in [5.41, 5.74) is -2.56. The molecule has 0 radical (unpaired) electrons. The Bertz CT molecular complexity index is 1340. The number of aromatic carboxylic acids is 1. The fourth-order valence-electron chi connectivity index (χ4n) is 3.62. The molecule has 3 rings (SSSR count). The molecule has 2 aromatic heterocycles. The first-order chi connectivity index (χ1) is 15.3. The average Bonchev–Trinajstić information content (AvgIpc) is 3.05. The van der Waals surface area contributed by atoms with Gasteiger partial charge in [0.2, 0.25) is 0 Å². The SMILES string of the molecule is Cc1c(C(=O)O)sc2c1c(=O)n(C(C)(C)C(=O)OC(C)(C)C)c(=O)n2CCc1ccccc1. The van der Waals surface area contributed by atoms with Crippen LogP contribution in [0.2, 0.25) is 0 Å². The second-order valence-electron chi connectivity index (χ2n) is 9.41. The average molecular weight is 473 g/mol. The summed E-state index contributed by atoms with van der Waals surface area (Å²) in [5, 5.41) is 9.74. The summed E-state index contributed by atoms with van der Waals surface area (Å²) in [6.45, 7) is 9.77. The van der Waals surface area contributed by atoms with Gasteiger partial charge < -0.3 is 9.84 Å². The van der Waals surface area contributed by atoms with Crippen LogP contribution in [-0.2, 0) is 28.0 Å². The number of aromatic nitrogens is 2. The van der Waals surface area contributed by atoms with Crippen molar-refractivity contribution in [1.29, 1.82) is 0 Å². The number of fused-ring (bicyclic) bond motifs is 1. The monoisotopic (exact) mass is 472 g/mol. The van der Waals surface area contributed by atoms with Crippen molar-refractivity contribution in [3.8, 4) is 0 Å². The largest absolute Gasteiger partial charge is 0.477 e. The zero-order valence-corrected chi connectivity index (χ0v) is 20.4. The smallest absolute Gasteiger partial charge is 0.346 e. The predicted octanol–water partition coefficient (Wildman–Crippen LogP) is 3.55. The van der Waals surface area contributed by atoms with Gasteiger partial charge in [0.05, 0.1) is 5.39 Å². The second kappa shape index (κ2) is 8.62. The van der Waals surface area contributed by atoms with Gasteiger partial charge in [-0.2, -0.15) is 0 Å². The van der Waals surface area contributed by atoms with E-state index in [1.165, 1.54) is 18.4 Å². The van der Waals surface area contributed by atoms with Gasteiger partial charge >= 0.3 is 17.6 Å². The Morgan fingerprint density at radius 2 is 1.67 bits per heavy atom. The van der Waals surface area contributed by atoms with Gasteiger partial charge in [-0.25, -0.2) is 19.0 Å². The molecule has 3 aromatic rings. The van der Waals surface area contributed by atoms with Crippen molar-refractivity contribution in [2.45, 2.75) is 65.6 Å². The molecule has 0 saturated carbocycles. The number of thiophene rings is 1. The van der Waals surface area contributed by atoms with E-state index in [1.807, 2.05) is 30.3 Å². The molecule has 2 heterocycles. The van der Waals surface area contributed by atoms with Gasteiger partial charge in [-0.15, -0.1) is 11.3 Å². The van der Waals surface area contributed by atoms with Gasteiger partial charge in [-0.3, -0.25) is 9.36 Å². The minimum absolute atomic E-state index is 0.0113. The maximum atomic E-state index is 13.6. The summed E-state index contributed by atoms with van der Waals surface area (Å²) in [6.07, 6.45) is 0.486. The number of hydrogen-bond acceptors (Lipinski definition) is 6. The van der Waals surface area contributed by atoms with Crippen LogP contribution in [-0.4, -0.2) is 31.8 Å². The highest BCUT2D eigenvalue weighted by molar-refractivity contribution is 7.20. The zero-order valence-electron chi connectivity index (χ0n) is 19.6. The topological polar surface area (TPSA) is 108 Å². The van der Waals surface area contributed by atoms with Crippen LogP contribution < -0.4 is 11.2 Å². The fraction of sp³-hybridized carbons (Fsp3) is 0.417. The number of ether oxygens (including phenoxy) is 1. The number of hydrogen-bond donors (Lipinski definition) is 1. The van der Waals surface area contributed by atoms with Crippen LogP contribution >= 0.6 is 11.3 Å². The van der Waals surface area contributed by atoms with Crippen molar-refractivity contribution in [3.63, 3.8) is 0 Å². The summed E-state index contributed by atoms with van der Waals surface area (Å²) in [6, 6.07) is 9.51. The maximum absolute atomic E-state index is 13.6. The van der Waals surface area contributed by atoms with Crippen LogP contribution in [0.5, 0.6) is 0 Å². The summed E-state index contributed by atoms with van der Waals surface area (Å²) in [5.74, 6) is -1.90. The van der Waals surface area contributed by atoms with Crippen molar-refractivity contribution in [2.24, 2.45) is 0 Å². The first kappa shape index (κ1) is 24.4. The van der Waals surface area contributed by atoms with Crippen LogP contribution in [0.1, 0.15) is 55.4 Å². The number of benzene rings is 1. The van der Waals surface area contributed by atoms with Gasteiger partial charge in [0.1, 0.15) is 20.8 Å². The Kier molecular flexibility index (Phi) is 6.39. The molecule has 8 nitrogen and oxygen atoms in total. The number of aryl methyl sites for hydroxylation is 3. The van der Waals surface area contributed by atoms with E-state index in [0.29, 0.717) is 6.42 Å². The van der Waals surface area contributed by atoms with E-state index in [1.54, 1.807) is 27.7 Å². The lowest BCUT2D eigenvalue weighted by molar-refractivity contribution is -0.164. The van der Waals surface area contributed by atoms with Gasteiger partial charge in [-0.1, -0.05) is 30.3 Å². The van der Waals surface area contributed by atoms with Crippen LogP contribution in [0.4, 0.5) is 0 Å². The van der Waals surface area contributed by atoms with E-state index in [2.05, 4.69) is 0 Å². The van der Waals surface area contributed by atoms with Gasteiger partial charge in [0.25, 0.3) is 5.56 Å². The Hall–Kier alpha value is -3.20. The van der Waals surface area contributed by atoms with E-state index < -0.39 is 34.3 Å². The zero-order chi connectivity index (χ0) is 24.7. The third-order valence-electron chi connectivity index (χ3n) is 5.33. The summed E-state index contributed by atoms with van der Waals surface area (Å²) >= 11 is 0.894. The van der Waals surface area contributed by atoms with E-state index in [0.717, 1.165) is 21.5 Å². The Morgan fingerprint density at radius 1 is 1.06 bits per heavy atom. The van der Waals surface area contributed by atoms with E-state index >= 15 is 0 Å². The van der Waals surface area contributed by atoms with Gasteiger partial charge in [0, 0.05) is 6.54 Å². The van der Waals surface area contributed by atoms with E-state index in [9.17, 15) is 24.3 Å². The number of carbonyl (C=O) groups is 2. The number of carboxylic acids is 1. The molecule has 1 aromatic carbocycles. The molecule has 0 unspecified atom stereocenters. The lowest BCUT2D eigenvalue weighted by Crippen LogP contribution is -2.54. The molecular weight excluding hydrogens is 444 g/mol. The molecule has 0 atom stereocenters. The minimum Gasteiger partial charge on any atom is -0.477 e. The number of esters is 1. The fourth-order valence-corrected chi connectivity index (χ4v) is 4.78. The van der Waals surface area contributed by atoms with Gasteiger partial charge in [-0.05, 0) is 59.1 Å². The predicted molar refractivity (Wildman–Crippen MR) is 127 cm³/mol. The van der Waals surface area contributed by atoms with Crippen molar-refractivity contribution in [3.05, 3.63) is 67.2 Å². The number of carbonyl (C=O) groups excluding carboxylic acids is 1. The maximum Gasteiger partial charge on any atom is 0.346 e. The third-order valence-corrected chi connectivity index (χ3v) is 6.63. The van der Waals surface area contributed by atoms with Crippen molar-refractivity contribution in [2.75, 3.05) is 0 Å². The number of carboxylic acid groups (broad SMARTS) is 1. The molecule has 33 heavy (non-hydrogen) atoms. The van der Waals surface area contributed by atoms with E-state index in [4.69, 9.17) is 4.74 Å². The van der Waals surface area contributed by atoms with Crippen molar-refractivity contribution in [1.82, 2.24) is 9.13 Å². The lowest BCUT2D eigenvalue weighted by Gasteiger charge is -2.30. The molecule has 0 aliphatic heterocycles. The molecule has 0 bridgehead atoms.